The first-order chi connectivity index (χ1) is 7.18. The highest BCUT2D eigenvalue weighted by Gasteiger charge is 2.07. The number of hydrogen-bond donors (Lipinski definition) is 0. The molecule has 1 aromatic heterocycles. The molecule has 0 aliphatic rings. The number of halogens is 2. The third-order valence-corrected chi connectivity index (χ3v) is 2.57. The molecule has 0 radical (unpaired) electrons. The number of benzene rings is 1. The van der Waals surface area contributed by atoms with Crippen molar-refractivity contribution in [2.75, 3.05) is 0 Å². The number of aryl methyl sites for hydroxylation is 1. The Balaban J connectivity index is 2.33. The minimum Gasteiger partial charge on any atom is -0.265 e. The van der Waals surface area contributed by atoms with Crippen LogP contribution in [0.1, 0.15) is 11.3 Å². The van der Waals surface area contributed by atoms with E-state index in [1.54, 1.807) is 23.0 Å². The Morgan fingerprint density at radius 2 is 2.20 bits per heavy atom. The first-order valence-electron chi connectivity index (χ1n) is 4.60. The maximum Gasteiger partial charge on any atom is 0.146 e. The van der Waals surface area contributed by atoms with Crippen LogP contribution in [0.4, 0.5) is 4.39 Å². The highest BCUT2D eigenvalue weighted by Crippen LogP contribution is 2.18. The zero-order chi connectivity index (χ0) is 10.8. The summed E-state index contributed by atoms with van der Waals surface area (Å²) in [7, 11) is 0. The fourth-order valence-corrected chi connectivity index (χ4v) is 1.59. The van der Waals surface area contributed by atoms with Crippen LogP contribution in [0.25, 0.3) is 0 Å². The average Bonchev–Trinajstić information content (AvgIpc) is 2.60. The third kappa shape index (κ3) is 2.02. The van der Waals surface area contributed by atoms with Crippen LogP contribution >= 0.6 is 11.6 Å². The number of hydrogen-bond acceptors (Lipinski definition) is 1. The largest absolute Gasteiger partial charge is 0.265 e. The molecule has 0 spiro atoms. The molecule has 78 valence electrons. The zero-order valence-electron chi connectivity index (χ0n) is 8.24. The van der Waals surface area contributed by atoms with Gasteiger partial charge in [0.2, 0.25) is 0 Å². The van der Waals surface area contributed by atoms with E-state index < -0.39 is 0 Å². The molecule has 15 heavy (non-hydrogen) atoms. The van der Waals surface area contributed by atoms with Crippen molar-refractivity contribution in [1.82, 2.24) is 9.78 Å². The fraction of sp³-hybridized carbons (Fsp3) is 0.182. The first kappa shape index (κ1) is 10.2. The summed E-state index contributed by atoms with van der Waals surface area (Å²) in [6.45, 7) is 2.33. The van der Waals surface area contributed by atoms with Crippen molar-refractivity contribution in [2.24, 2.45) is 0 Å². The van der Waals surface area contributed by atoms with Gasteiger partial charge in [-0.3, -0.25) is 4.68 Å². The Hall–Kier alpha value is -1.35. The van der Waals surface area contributed by atoms with Gasteiger partial charge in [0.05, 0.1) is 11.6 Å². The summed E-state index contributed by atoms with van der Waals surface area (Å²) in [5, 5.41) is 4.24. The number of rotatable bonds is 2. The number of aromatic nitrogens is 2. The Bertz CT molecular complexity index is 479. The van der Waals surface area contributed by atoms with Crippen molar-refractivity contribution < 1.29 is 4.39 Å². The van der Waals surface area contributed by atoms with E-state index in [9.17, 15) is 4.39 Å². The quantitative estimate of drug-likeness (QED) is 0.767. The molecule has 0 saturated carbocycles. The van der Waals surface area contributed by atoms with Crippen molar-refractivity contribution in [1.29, 1.82) is 0 Å². The summed E-state index contributed by atoms with van der Waals surface area (Å²) in [5.41, 5.74) is 1.55. The van der Waals surface area contributed by atoms with Crippen molar-refractivity contribution in [3.8, 4) is 0 Å². The first-order valence-corrected chi connectivity index (χ1v) is 4.97. The van der Waals surface area contributed by atoms with Gasteiger partial charge in [-0.1, -0.05) is 23.7 Å². The second-order valence-electron chi connectivity index (χ2n) is 3.34. The van der Waals surface area contributed by atoms with E-state index in [4.69, 9.17) is 11.6 Å². The standard InChI is InChI=1S/C11H10ClFN2/c1-8-5-6-14-15(8)7-9-3-2-4-10(12)11(9)13/h2-6H,7H2,1H3. The molecule has 0 N–H and O–H groups in total. The van der Waals surface area contributed by atoms with Crippen LogP contribution in [-0.2, 0) is 6.54 Å². The lowest BCUT2D eigenvalue weighted by Crippen LogP contribution is -2.05. The van der Waals surface area contributed by atoms with Gasteiger partial charge < -0.3 is 0 Å². The van der Waals surface area contributed by atoms with Gasteiger partial charge in [-0.2, -0.15) is 5.10 Å². The van der Waals surface area contributed by atoms with Crippen LogP contribution in [0, 0.1) is 12.7 Å². The van der Waals surface area contributed by atoms with Crippen LogP contribution in [0.15, 0.2) is 30.5 Å². The van der Waals surface area contributed by atoms with Gasteiger partial charge in [0.25, 0.3) is 0 Å². The Labute approximate surface area is 92.3 Å². The summed E-state index contributed by atoms with van der Waals surface area (Å²) in [6.07, 6.45) is 1.69. The molecule has 2 aromatic rings. The second-order valence-corrected chi connectivity index (χ2v) is 3.75. The molecular weight excluding hydrogens is 215 g/mol. The highest BCUT2D eigenvalue weighted by molar-refractivity contribution is 6.30. The molecule has 4 heteroatoms. The maximum absolute atomic E-state index is 13.6. The molecule has 0 atom stereocenters. The van der Waals surface area contributed by atoms with E-state index >= 15 is 0 Å². The van der Waals surface area contributed by atoms with Gasteiger partial charge in [-0.15, -0.1) is 0 Å². The fourth-order valence-electron chi connectivity index (χ4n) is 1.40. The summed E-state index contributed by atoms with van der Waals surface area (Å²) in [6, 6.07) is 6.86. The van der Waals surface area contributed by atoms with Gasteiger partial charge >= 0.3 is 0 Å². The zero-order valence-corrected chi connectivity index (χ0v) is 9.00. The molecule has 0 amide bonds. The normalized spacial score (nSPS) is 10.6. The lowest BCUT2D eigenvalue weighted by molar-refractivity contribution is 0.580. The van der Waals surface area contributed by atoms with Crippen molar-refractivity contribution >= 4 is 11.6 Å². The van der Waals surface area contributed by atoms with Crippen molar-refractivity contribution in [2.45, 2.75) is 13.5 Å². The van der Waals surface area contributed by atoms with Crippen LogP contribution < -0.4 is 0 Å². The molecule has 0 fully saturated rings. The van der Waals surface area contributed by atoms with Gasteiger partial charge in [-0.05, 0) is 19.1 Å². The van der Waals surface area contributed by atoms with Gasteiger partial charge in [0.15, 0.2) is 0 Å². The lowest BCUT2D eigenvalue weighted by atomic mass is 10.2. The van der Waals surface area contributed by atoms with E-state index in [1.807, 2.05) is 13.0 Å². The van der Waals surface area contributed by atoms with Crippen molar-refractivity contribution in [3.05, 3.63) is 52.6 Å². The van der Waals surface area contributed by atoms with Crippen LogP contribution in [0.3, 0.4) is 0 Å². The summed E-state index contributed by atoms with van der Waals surface area (Å²) in [4.78, 5) is 0. The van der Waals surface area contributed by atoms with Crippen LogP contribution in [-0.4, -0.2) is 9.78 Å². The van der Waals surface area contributed by atoms with Crippen LogP contribution in [0.2, 0.25) is 5.02 Å². The highest BCUT2D eigenvalue weighted by atomic mass is 35.5. The van der Waals surface area contributed by atoms with Gasteiger partial charge in [-0.25, -0.2) is 4.39 Å². The van der Waals surface area contributed by atoms with E-state index in [2.05, 4.69) is 5.10 Å². The van der Waals surface area contributed by atoms with Crippen molar-refractivity contribution in [3.63, 3.8) is 0 Å². The summed E-state index contributed by atoms with van der Waals surface area (Å²) in [5.74, 6) is -0.367. The molecule has 0 aliphatic heterocycles. The maximum atomic E-state index is 13.6. The molecule has 0 aliphatic carbocycles. The van der Waals surface area contributed by atoms with E-state index in [0.29, 0.717) is 12.1 Å². The van der Waals surface area contributed by atoms with Gasteiger partial charge in [0, 0.05) is 17.5 Å². The Morgan fingerprint density at radius 1 is 1.40 bits per heavy atom. The minimum absolute atomic E-state index is 0.150. The molecule has 0 unspecified atom stereocenters. The number of nitrogens with zero attached hydrogens (tertiary/aromatic N) is 2. The van der Waals surface area contributed by atoms with E-state index in [1.165, 1.54) is 6.07 Å². The summed E-state index contributed by atoms with van der Waals surface area (Å²) >= 11 is 5.69. The topological polar surface area (TPSA) is 17.8 Å². The molecule has 1 heterocycles. The predicted molar refractivity (Wildman–Crippen MR) is 57.5 cm³/mol. The molecule has 2 rings (SSSR count). The van der Waals surface area contributed by atoms with Crippen LogP contribution in [0.5, 0.6) is 0 Å². The lowest BCUT2D eigenvalue weighted by Gasteiger charge is -2.06. The Kier molecular flexibility index (Phi) is 2.73. The molecular formula is C11H10ClFN2. The SMILES string of the molecule is Cc1ccnn1Cc1cccc(Cl)c1F. The third-order valence-electron chi connectivity index (χ3n) is 2.28. The van der Waals surface area contributed by atoms with E-state index in [0.717, 1.165) is 5.69 Å². The molecule has 2 nitrogen and oxygen atoms in total. The second kappa shape index (κ2) is 4.03. The van der Waals surface area contributed by atoms with Gasteiger partial charge in [0.1, 0.15) is 5.82 Å². The smallest absolute Gasteiger partial charge is 0.146 e. The minimum atomic E-state index is -0.367. The molecule has 1 aromatic carbocycles. The predicted octanol–water partition coefficient (Wildman–Crippen LogP) is 3.03. The molecule has 0 saturated heterocycles. The average molecular weight is 225 g/mol. The monoisotopic (exact) mass is 224 g/mol. The Morgan fingerprint density at radius 3 is 2.87 bits per heavy atom. The molecule has 0 bridgehead atoms. The van der Waals surface area contributed by atoms with E-state index in [-0.39, 0.29) is 10.8 Å². The summed E-state index contributed by atoms with van der Waals surface area (Å²) < 4.78 is 15.3.